The van der Waals surface area contributed by atoms with Gasteiger partial charge < -0.3 is 9.64 Å². The van der Waals surface area contributed by atoms with Crippen molar-refractivity contribution in [1.29, 1.82) is 0 Å². The highest BCUT2D eigenvalue weighted by Crippen LogP contribution is 2.27. The largest absolute Gasteiger partial charge is 0.378 e. The quantitative estimate of drug-likeness (QED) is 0.773. The van der Waals surface area contributed by atoms with Crippen LogP contribution in [0.5, 0.6) is 0 Å². The smallest absolute Gasteiger partial charge is 0.186 e. The second kappa shape index (κ2) is 5.60. The van der Waals surface area contributed by atoms with Gasteiger partial charge in [0.25, 0.3) is 0 Å². The molecule has 1 aliphatic heterocycles. The highest BCUT2D eigenvalue weighted by molar-refractivity contribution is 7.17. The zero-order valence-electron chi connectivity index (χ0n) is 10.3. The summed E-state index contributed by atoms with van der Waals surface area (Å²) >= 11 is 1.49. The zero-order valence-corrected chi connectivity index (χ0v) is 11.1. The van der Waals surface area contributed by atoms with Gasteiger partial charge in [0.15, 0.2) is 11.4 Å². The number of hydrogen-bond donors (Lipinski definition) is 0. The molecule has 0 saturated carbocycles. The Balaban J connectivity index is 1.97. The number of nitrogens with zero attached hydrogens (tertiary/aromatic N) is 2. The van der Waals surface area contributed by atoms with Crippen LogP contribution in [-0.4, -0.2) is 37.1 Å². The number of piperidine rings is 1. The van der Waals surface area contributed by atoms with Gasteiger partial charge in [0.05, 0.1) is 16.7 Å². The Labute approximate surface area is 106 Å². The first-order chi connectivity index (χ1) is 8.24. The summed E-state index contributed by atoms with van der Waals surface area (Å²) in [4.78, 5) is 18.2. The molecular weight excluding hydrogens is 236 g/mol. The second-order valence-corrected chi connectivity index (χ2v) is 5.21. The lowest BCUT2D eigenvalue weighted by Gasteiger charge is -2.31. The van der Waals surface area contributed by atoms with Crippen LogP contribution < -0.4 is 4.90 Å². The standard InChI is InChI=1S/C12H18N2O2S/c1-3-16-10-4-6-14(7-5-10)12-13-9(2)11(8-15)17-12/h8,10H,3-7H2,1-2H3. The summed E-state index contributed by atoms with van der Waals surface area (Å²) in [5.74, 6) is 0. The van der Waals surface area contributed by atoms with E-state index in [1.165, 1.54) is 11.3 Å². The average Bonchev–Trinajstić information content (AvgIpc) is 2.72. The maximum absolute atomic E-state index is 10.8. The fraction of sp³-hybridized carbons (Fsp3) is 0.667. The monoisotopic (exact) mass is 254 g/mol. The molecule has 0 radical (unpaired) electrons. The molecule has 1 saturated heterocycles. The predicted octanol–water partition coefficient (Wildman–Crippen LogP) is 2.27. The molecule has 0 spiro atoms. The Morgan fingerprint density at radius 2 is 2.24 bits per heavy atom. The van der Waals surface area contributed by atoms with Crippen molar-refractivity contribution in [3.8, 4) is 0 Å². The Morgan fingerprint density at radius 1 is 1.53 bits per heavy atom. The summed E-state index contributed by atoms with van der Waals surface area (Å²) < 4.78 is 5.62. The summed E-state index contributed by atoms with van der Waals surface area (Å²) in [5.41, 5.74) is 0.840. The van der Waals surface area contributed by atoms with E-state index >= 15 is 0 Å². The highest BCUT2D eigenvalue weighted by atomic mass is 32.1. The molecule has 0 bridgehead atoms. The number of carbonyl (C=O) groups excluding carboxylic acids is 1. The van der Waals surface area contributed by atoms with Gasteiger partial charge in [0.1, 0.15) is 0 Å². The number of thiazole rings is 1. The van der Waals surface area contributed by atoms with Gasteiger partial charge in [0.2, 0.25) is 0 Å². The third-order valence-corrected chi connectivity index (χ3v) is 4.19. The number of ether oxygens (including phenoxy) is 1. The second-order valence-electron chi connectivity index (χ2n) is 4.21. The number of aryl methyl sites for hydroxylation is 1. The Bertz CT molecular complexity index is 384. The highest BCUT2D eigenvalue weighted by Gasteiger charge is 2.22. The van der Waals surface area contributed by atoms with Gasteiger partial charge in [-0.3, -0.25) is 4.79 Å². The van der Waals surface area contributed by atoms with Crippen molar-refractivity contribution in [3.63, 3.8) is 0 Å². The SMILES string of the molecule is CCOC1CCN(c2nc(C)c(C=O)s2)CC1. The molecule has 17 heavy (non-hydrogen) atoms. The molecule has 94 valence electrons. The van der Waals surface area contributed by atoms with Gasteiger partial charge in [-0.1, -0.05) is 11.3 Å². The number of hydrogen-bond acceptors (Lipinski definition) is 5. The Morgan fingerprint density at radius 3 is 2.76 bits per heavy atom. The molecule has 2 heterocycles. The normalized spacial score (nSPS) is 17.4. The van der Waals surface area contributed by atoms with E-state index in [2.05, 4.69) is 9.88 Å². The molecule has 0 aliphatic carbocycles. The fourth-order valence-electron chi connectivity index (χ4n) is 2.09. The van der Waals surface area contributed by atoms with Crippen LogP contribution in [0.15, 0.2) is 0 Å². The van der Waals surface area contributed by atoms with Gasteiger partial charge in [-0.05, 0) is 26.7 Å². The molecule has 1 fully saturated rings. The van der Waals surface area contributed by atoms with E-state index in [9.17, 15) is 4.79 Å². The van der Waals surface area contributed by atoms with Crippen molar-refractivity contribution in [1.82, 2.24) is 4.98 Å². The molecule has 1 aliphatic rings. The molecule has 0 amide bonds. The van der Waals surface area contributed by atoms with E-state index in [0.717, 1.165) is 54.5 Å². The van der Waals surface area contributed by atoms with Crippen LogP contribution in [0.3, 0.4) is 0 Å². The van der Waals surface area contributed by atoms with Crippen LogP contribution >= 0.6 is 11.3 Å². The number of rotatable bonds is 4. The van der Waals surface area contributed by atoms with Crippen molar-refractivity contribution in [3.05, 3.63) is 10.6 Å². The van der Waals surface area contributed by atoms with E-state index in [4.69, 9.17) is 4.74 Å². The first-order valence-electron chi connectivity index (χ1n) is 6.03. The van der Waals surface area contributed by atoms with Crippen molar-refractivity contribution in [2.75, 3.05) is 24.6 Å². The Kier molecular flexibility index (Phi) is 4.12. The van der Waals surface area contributed by atoms with E-state index in [-0.39, 0.29) is 0 Å². The fourth-order valence-corrected chi connectivity index (χ4v) is 3.02. The number of anilines is 1. The van der Waals surface area contributed by atoms with Crippen LogP contribution in [0.4, 0.5) is 5.13 Å². The molecule has 0 N–H and O–H groups in total. The number of aldehydes is 1. The molecule has 1 aromatic heterocycles. The van der Waals surface area contributed by atoms with Gasteiger partial charge in [-0.15, -0.1) is 0 Å². The third kappa shape index (κ3) is 2.84. The van der Waals surface area contributed by atoms with E-state index in [1.54, 1.807) is 0 Å². The van der Waals surface area contributed by atoms with E-state index in [1.807, 2.05) is 13.8 Å². The van der Waals surface area contributed by atoms with Crippen LogP contribution in [0.1, 0.15) is 35.1 Å². The lowest BCUT2D eigenvalue weighted by Crippen LogP contribution is -2.37. The Hall–Kier alpha value is -0.940. The molecular formula is C12H18N2O2S. The predicted molar refractivity (Wildman–Crippen MR) is 69.1 cm³/mol. The van der Waals surface area contributed by atoms with Gasteiger partial charge in [0, 0.05) is 19.7 Å². The maximum atomic E-state index is 10.8. The lowest BCUT2D eigenvalue weighted by atomic mass is 10.1. The summed E-state index contributed by atoms with van der Waals surface area (Å²) in [7, 11) is 0. The van der Waals surface area contributed by atoms with Crippen molar-refractivity contribution in [2.45, 2.75) is 32.8 Å². The molecule has 0 unspecified atom stereocenters. The van der Waals surface area contributed by atoms with Crippen LogP contribution in [0.2, 0.25) is 0 Å². The van der Waals surface area contributed by atoms with E-state index < -0.39 is 0 Å². The molecule has 4 nitrogen and oxygen atoms in total. The zero-order chi connectivity index (χ0) is 12.3. The summed E-state index contributed by atoms with van der Waals surface area (Å²) in [6.45, 7) is 6.64. The van der Waals surface area contributed by atoms with Crippen molar-refractivity contribution in [2.24, 2.45) is 0 Å². The van der Waals surface area contributed by atoms with Crippen LogP contribution in [0, 0.1) is 6.92 Å². The minimum atomic E-state index is 0.392. The number of aromatic nitrogens is 1. The first-order valence-corrected chi connectivity index (χ1v) is 6.85. The van der Waals surface area contributed by atoms with Gasteiger partial charge in [-0.2, -0.15) is 0 Å². The minimum Gasteiger partial charge on any atom is -0.378 e. The summed E-state index contributed by atoms with van der Waals surface area (Å²) in [6.07, 6.45) is 3.37. The van der Waals surface area contributed by atoms with Crippen LogP contribution in [-0.2, 0) is 4.74 Å². The van der Waals surface area contributed by atoms with E-state index in [0.29, 0.717) is 6.10 Å². The van der Waals surface area contributed by atoms with Gasteiger partial charge >= 0.3 is 0 Å². The summed E-state index contributed by atoms with van der Waals surface area (Å²) in [5, 5.41) is 0.972. The third-order valence-electron chi connectivity index (χ3n) is 3.04. The van der Waals surface area contributed by atoms with Gasteiger partial charge in [-0.25, -0.2) is 4.98 Å². The van der Waals surface area contributed by atoms with Crippen molar-refractivity contribution < 1.29 is 9.53 Å². The molecule has 0 atom stereocenters. The molecule has 1 aromatic rings. The lowest BCUT2D eigenvalue weighted by molar-refractivity contribution is 0.0459. The minimum absolute atomic E-state index is 0.392. The summed E-state index contributed by atoms with van der Waals surface area (Å²) in [6, 6.07) is 0. The molecule has 5 heteroatoms. The molecule has 0 aromatic carbocycles. The maximum Gasteiger partial charge on any atom is 0.186 e. The van der Waals surface area contributed by atoms with Crippen molar-refractivity contribution >= 4 is 22.8 Å². The topological polar surface area (TPSA) is 42.4 Å². The first kappa shape index (κ1) is 12.5. The average molecular weight is 254 g/mol. The molecule has 2 rings (SSSR count). The number of carbonyl (C=O) groups is 1. The van der Waals surface area contributed by atoms with Crippen LogP contribution in [0.25, 0.3) is 0 Å².